The molecule has 0 heterocycles. The maximum absolute atomic E-state index is 13.1. The lowest BCUT2D eigenvalue weighted by molar-refractivity contribution is -0.0132. The van der Waals surface area contributed by atoms with Crippen LogP contribution in [0.1, 0.15) is 49.4 Å². The molecule has 3 rings (SSSR count). The fraction of sp³-hybridized carbons (Fsp3) is 0.533. The van der Waals surface area contributed by atoms with Crippen molar-refractivity contribution in [1.29, 1.82) is 0 Å². The molecule has 0 atom stereocenters. The third kappa shape index (κ3) is 2.24. The summed E-state index contributed by atoms with van der Waals surface area (Å²) in [4.78, 5) is 12.0. The maximum atomic E-state index is 13.1. The molecule has 102 valence electrons. The molecule has 0 aliphatic heterocycles. The van der Waals surface area contributed by atoms with E-state index in [0.717, 1.165) is 50.3 Å². The number of hydrogen-bond acceptors (Lipinski definition) is 2. The number of carbonyl (C=O) groups excluding carboxylic acids is 1. The lowest BCUT2D eigenvalue weighted by Gasteiger charge is -2.26. The van der Waals surface area contributed by atoms with E-state index in [2.05, 4.69) is 6.92 Å². The Kier molecular flexibility index (Phi) is 2.66. The molecule has 1 aromatic rings. The normalized spacial score (nSPS) is 32.6. The van der Waals surface area contributed by atoms with E-state index in [-0.39, 0.29) is 11.0 Å². The predicted octanol–water partition coefficient (Wildman–Crippen LogP) is 3.84. The highest BCUT2D eigenvalue weighted by atomic mass is 19.1. The van der Waals surface area contributed by atoms with Gasteiger partial charge in [0.05, 0.1) is 5.56 Å². The summed E-state index contributed by atoms with van der Waals surface area (Å²) in [7, 11) is 0. The summed E-state index contributed by atoms with van der Waals surface area (Å²) in [6.45, 7) is 2.21. The topological polar surface area (TPSA) is 26.3 Å². The van der Waals surface area contributed by atoms with Gasteiger partial charge in [-0.3, -0.25) is 0 Å². The molecule has 0 N–H and O–H groups in total. The minimum Gasteiger partial charge on any atom is -0.455 e. The van der Waals surface area contributed by atoms with Gasteiger partial charge in [0, 0.05) is 6.07 Å². The second kappa shape index (κ2) is 4.02. The van der Waals surface area contributed by atoms with E-state index in [1.807, 2.05) is 0 Å². The van der Waals surface area contributed by atoms with Gasteiger partial charge in [0.25, 0.3) is 0 Å². The molecule has 2 bridgehead atoms. The van der Waals surface area contributed by atoms with Crippen LogP contribution in [-0.2, 0) is 4.74 Å². The predicted molar refractivity (Wildman–Crippen MR) is 65.7 cm³/mol. The van der Waals surface area contributed by atoms with Crippen molar-refractivity contribution in [2.24, 2.45) is 5.41 Å². The van der Waals surface area contributed by atoms with Crippen LogP contribution in [-0.4, -0.2) is 11.6 Å². The van der Waals surface area contributed by atoms with E-state index in [4.69, 9.17) is 4.74 Å². The minimum absolute atomic E-state index is 0.0487. The van der Waals surface area contributed by atoms with Crippen molar-refractivity contribution >= 4 is 5.97 Å². The molecule has 2 aliphatic rings. The first-order valence-corrected chi connectivity index (χ1v) is 6.59. The van der Waals surface area contributed by atoms with Crippen LogP contribution in [0.3, 0.4) is 0 Å². The third-order valence-electron chi connectivity index (χ3n) is 4.52. The van der Waals surface area contributed by atoms with Crippen molar-refractivity contribution < 1.29 is 18.3 Å². The maximum Gasteiger partial charge on any atom is 0.338 e. The Balaban J connectivity index is 1.79. The zero-order valence-corrected chi connectivity index (χ0v) is 10.8. The number of rotatable bonds is 2. The van der Waals surface area contributed by atoms with Gasteiger partial charge < -0.3 is 4.74 Å². The number of hydrogen-bond donors (Lipinski definition) is 0. The number of carbonyl (C=O) groups is 1. The summed E-state index contributed by atoms with van der Waals surface area (Å²) in [5.74, 6) is -2.14. The van der Waals surface area contributed by atoms with Gasteiger partial charge >= 0.3 is 5.97 Å². The van der Waals surface area contributed by atoms with E-state index in [9.17, 15) is 13.6 Å². The summed E-state index contributed by atoms with van der Waals surface area (Å²) in [6.07, 6.45) is 4.68. The van der Waals surface area contributed by atoms with Crippen molar-refractivity contribution in [3.05, 3.63) is 35.4 Å². The molecular weight excluding hydrogens is 250 g/mol. The number of ether oxygens (including phenoxy) is 1. The summed E-state index contributed by atoms with van der Waals surface area (Å²) in [5, 5.41) is 0. The zero-order chi connectivity index (χ0) is 13.7. The second-order valence-electron chi connectivity index (χ2n) is 6.22. The first-order chi connectivity index (χ1) is 8.90. The summed E-state index contributed by atoms with van der Waals surface area (Å²) in [5.41, 5.74) is -0.186. The van der Waals surface area contributed by atoms with Crippen LogP contribution in [0.25, 0.3) is 0 Å². The third-order valence-corrected chi connectivity index (χ3v) is 4.52. The number of halogens is 2. The highest BCUT2D eigenvalue weighted by Crippen LogP contribution is 2.57. The SMILES string of the molecule is CC12CCC(OC(=O)c3cc(F)cc(F)c3)(CC1)C2. The number of fused-ring (bicyclic) bond motifs is 2. The molecule has 4 heteroatoms. The highest BCUT2D eigenvalue weighted by Gasteiger charge is 2.54. The molecule has 0 unspecified atom stereocenters. The standard InChI is InChI=1S/C15H16F2O2/c1-14-2-4-15(9-14,5-3-14)19-13(18)10-6-11(16)8-12(17)7-10/h6-8H,2-5,9H2,1H3. The van der Waals surface area contributed by atoms with Gasteiger partial charge in [-0.05, 0) is 49.7 Å². The average molecular weight is 266 g/mol. The number of benzene rings is 1. The quantitative estimate of drug-likeness (QED) is 0.760. The zero-order valence-electron chi connectivity index (χ0n) is 10.8. The van der Waals surface area contributed by atoms with Gasteiger partial charge in [-0.25, -0.2) is 13.6 Å². The lowest BCUT2D eigenvalue weighted by Crippen LogP contribution is -2.30. The van der Waals surface area contributed by atoms with Crippen molar-refractivity contribution in [2.75, 3.05) is 0 Å². The summed E-state index contributed by atoms with van der Waals surface area (Å²) in [6, 6.07) is 2.79. The van der Waals surface area contributed by atoms with E-state index in [1.165, 1.54) is 0 Å². The van der Waals surface area contributed by atoms with Crippen LogP contribution in [0.15, 0.2) is 18.2 Å². The molecule has 0 amide bonds. The van der Waals surface area contributed by atoms with E-state index >= 15 is 0 Å². The van der Waals surface area contributed by atoms with Crippen LogP contribution in [0, 0.1) is 17.0 Å². The Morgan fingerprint density at radius 2 is 1.68 bits per heavy atom. The van der Waals surface area contributed by atoms with Gasteiger partial charge in [0.15, 0.2) is 0 Å². The Labute approximate surface area is 110 Å². The highest BCUT2D eigenvalue weighted by molar-refractivity contribution is 5.89. The van der Waals surface area contributed by atoms with E-state index in [0.29, 0.717) is 0 Å². The Bertz CT molecular complexity index is 511. The fourth-order valence-electron chi connectivity index (χ4n) is 3.51. The van der Waals surface area contributed by atoms with Crippen LogP contribution in [0.5, 0.6) is 0 Å². The molecule has 19 heavy (non-hydrogen) atoms. The Morgan fingerprint density at radius 3 is 2.16 bits per heavy atom. The largest absolute Gasteiger partial charge is 0.455 e. The van der Waals surface area contributed by atoms with Crippen molar-refractivity contribution in [1.82, 2.24) is 0 Å². The van der Waals surface area contributed by atoms with Crippen molar-refractivity contribution in [2.45, 2.75) is 44.6 Å². The Hall–Kier alpha value is -1.45. The van der Waals surface area contributed by atoms with E-state index < -0.39 is 23.2 Å². The smallest absolute Gasteiger partial charge is 0.338 e. The van der Waals surface area contributed by atoms with Crippen LogP contribution < -0.4 is 0 Å². The number of esters is 1. The van der Waals surface area contributed by atoms with Gasteiger partial charge in [0.2, 0.25) is 0 Å². The van der Waals surface area contributed by atoms with Gasteiger partial charge in [-0.2, -0.15) is 0 Å². The van der Waals surface area contributed by atoms with Crippen molar-refractivity contribution in [3.63, 3.8) is 0 Å². The molecule has 2 nitrogen and oxygen atoms in total. The first kappa shape index (κ1) is 12.6. The van der Waals surface area contributed by atoms with Crippen LogP contribution >= 0.6 is 0 Å². The van der Waals surface area contributed by atoms with Crippen LogP contribution in [0.4, 0.5) is 8.78 Å². The molecule has 0 saturated heterocycles. The lowest BCUT2D eigenvalue weighted by atomic mass is 9.87. The Morgan fingerprint density at radius 1 is 1.11 bits per heavy atom. The molecule has 2 saturated carbocycles. The molecular formula is C15H16F2O2. The van der Waals surface area contributed by atoms with Crippen molar-refractivity contribution in [3.8, 4) is 0 Å². The van der Waals surface area contributed by atoms with Crippen LogP contribution in [0.2, 0.25) is 0 Å². The summed E-state index contributed by atoms with van der Waals surface area (Å²) < 4.78 is 31.8. The van der Waals surface area contributed by atoms with Gasteiger partial charge in [-0.1, -0.05) is 6.92 Å². The minimum atomic E-state index is -0.757. The van der Waals surface area contributed by atoms with E-state index in [1.54, 1.807) is 0 Å². The van der Waals surface area contributed by atoms with Gasteiger partial charge in [-0.15, -0.1) is 0 Å². The first-order valence-electron chi connectivity index (χ1n) is 6.59. The molecule has 2 aliphatic carbocycles. The monoisotopic (exact) mass is 266 g/mol. The molecule has 2 fully saturated rings. The molecule has 0 aromatic heterocycles. The molecule has 0 spiro atoms. The molecule has 1 aromatic carbocycles. The molecule has 0 radical (unpaired) electrons. The van der Waals surface area contributed by atoms with Gasteiger partial charge in [0.1, 0.15) is 17.2 Å². The summed E-state index contributed by atoms with van der Waals surface area (Å²) >= 11 is 0. The fourth-order valence-corrected chi connectivity index (χ4v) is 3.51. The second-order valence-corrected chi connectivity index (χ2v) is 6.22. The average Bonchev–Trinajstić information content (AvgIpc) is 2.81.